The summed E-state index contributed by atoms with van der Waals surface area (Å²) in [5, 5.41) is -0.0332. The van der Waals surface area contributed by atoms with E-state index >= 15 is 0 Å². The van der Waals surface area contributed by atoms with Crippen LogP contribution in [0.15, 0.2) is 27.4 Å². The van der Waals surface area contributed by atoms with Gasteiger partial charge in [0.2, 0.25) is 0 Å². The molecule has 0 aliphatic heterocycles. The van der Waals surface area contributed by atoms with Crippen LogP contribution in [0, 0.1) is 5.92 Å². The van der Waals surface area contributed by atoms with Crippen LogP contribution < -0.4 is 5.76 Å². The smallest absolute Gasteiger partial charge is 0.408 e. The van der Waals surface area contributed by atoms with Crippen LogP contribution in [0.5, 0.6) is 0 Å². The van der Waals surface area contributed by atoms with Gasteiger partial charge in [-0.25, -0.2) is 4.79 Å². The third kappa shape index (κ3) is 3.09. The molecule has 0 fully saturated rings. The van der Waals surface area contributed by atoms with E-state index in [1.807, 2.05) is 25.1 Å². The van der Waals surface area contributed by atoms with E-state index in [4.69, 9.17) is 16.0 Å². The van der Waals surface area contributed by atoms with Gasteiger partial charge in [0.15, 0.2) is 5.58 Å². The number of fused-ring (bicyclic) bond motifs is 1. The molecule has 0 aliphatic rings. The maximum Gasteiger partial charge on any atom is 0.419 e. The minimum Gasteiger partial charge on any atom is -0.408 e. The number of aromatic nitrogens is 1. The van der Waals surface area contributed by atoms with Gasteiger partial charge in [-0.2, -0.15) is 0 Å². The highest BCUT2D eigenvalue weighted by atomic mass is 35.5. The Labute approximate surface area is 124 Å². The molecule has 0 saturated heterocycles. The van der Waals surface area contributed by atoms with E-state index < -0.39 is 0 Å². The van der Waals surface area contributed by atoms with Crippen molar-refractivity contribution in [2.75, 3.05) is 0 Å². The van der Waals surface area contributed by atoms with Gasteiger partial charge < -0.3 is 4.42 Å². The van der Waals surface area contributed by atoms with Gasteiger partial charge in [0.1, 0.15) is 0 Å². The quantitative estimate of drug-likeness (QED) is 0.723. The number of alkyl halides is 1. The van der Waals surface area contributed by atoms with Crippen molar-refractivity contribution in [3.63, 3.8) is 0 Å². The third-order valence-corrected chi connectivity index (χ3v) is 4.24. The lowest BCUT2D eigenvalue weighted by Gasteiger charge is -2.14. The molecule has 1 heterocycles. The zero-order valence-corrected chi connectivity index (χ0v) is 13.1. The Bertz CT molecular complexity index is 629. The van der Waals surface area contributed by atoms with Gasteiger partial charge in [-0.05, 0) is 36.5 Å². The van der Waals surface area contributed by atoms with Crippen LogP contribution in [0.25, 0.3) is 11.1 Å². The summed E-state index contributed by atoms with van der Waals surface area (Å²) in [6.07, 6.45) is 2.96. The molecule has 0 N–H and O–H groups in total. The zero-order valence-electron chi connectivity index (χ0n) is 12.4. The Kier molecular flexibility index (Phi) is 4.92. The first-order valence-corrected chi connectivity index (χ1v) is 7.77. The average Bonchev–Trinajstić information content (AvgIpc) is 2.74. The number of nitrogens with zero attached hydrogens (tertiary/aromatic N) is 1. The summed E-state index contributed by atoms with van der Waals surface area (Å²) in [6.45, 7) is 7.09. The van der Waals surface area contributed by atoms with Crippen molar-refractivity contribution in [2.45, 2.75) is 52.0 Å². The lowest BCUT2D eigenvalue weighted by molar-refractivity contribution is 0.500. The van der Waals surface area contributed by atoms with Gasteiger partial charge in [0.05, 0.1) is 10.9 Å². The molecule has 110 valence electrons. The predicted octanol–water partition coefficient (Wildman–Crippen LogP) is 4.72. The molecule has 0 aliphatic carbocycles. The maximum atomic E-state index is 11.8. The largest absolute Gasteiger partial charge is 0.419 e. The Morgan fingerprint density at radius 1 is 1.35 bits per heavy atom. The molecular weight excluding hydrogens is 274 g/mol. The standard InChI is InChI=1S/C16H22ClNO2/c1-4-8-18-14-7-6-12(10-15(14)20-16(18)19)13(17)9-11(3)5-2/h6-7,10-11,13H,4-5,8-9H2,1-3H3. The molecule has 2 unspecified atom stereocenters. The van der Waals surface area contributed by atoms with Crippen molar-refractivity contribution < 1.29 is 4.42 Å². The predicted molar refractivity (Wildman–Crippen MR) is 83.4 cm³/mol. The lowest BCUT2D eigenvalue weighted by Crippen LogP contribution is -2.13. The average molecular weight is 296 g/mol. The molecule has 1 aromatic carbocycles. The molecule has 0 radical (unpaired) electrons. The minimum absolute atomic E-state index is 0.0332. The molecule has 0 bridgehead atoms. The number of oxazole rings is 1. The first-order valence-electron chi connectivity index (χ1n) is 7.34. The number of halogens is 1. The maximum absolute atomic E-state index is 11.8. The molecule has 0 saturated carbocycles. The van der Waals surface area contributed by atoms with Crippen molar-refractivity contribution in [3.8, 4) is 0 Å². The molecule has 2 aromatic rings. The summed E-state index contributed by atoms with van der Waals surface area (Å²) >= 11 is 6.46. The SMILES string of the molecule is CCCn1c(=O)oc2cc(C(Cl)CC(C)CC)ccc21. The highest BCUT2D eigenvalue weighted by molar-refractivity contribution is 6.20. The monoisotopic (exact) mass is 295 g/mol. The van der Waals surface area contributed by atoms with E-state index in [1.165, 1.54) is 0 Å². The highest BCUT2D eigenvalue weighted by Gasteiger charge is 2.15. The Morgan fingerprint density at radius 3 is 2.75 bits per heavy atom. The number of rotatable bonds is 6. The second-order valence-corrected chi connectivity index (χ2v) is 5.99. The lowest BCUT2D eigenvalue weighted by atomic mass is 9.98. The minimum atomic E-state index is -0.285. The second kappa shape index (κ2) is 6.49. The third-order valence-electron chi connectivity index (χ3n) is 3.81. The number of aryl methyl sites for hydroxylation is 1. The topological polar surface area (TPSA) is 35.1 Å². The van der Waals surface area contributed by atoms with Gasteiger partial charge >= 0.3 is 5.76 Å². The summed E-state index contributed by atoms with van der Waals surface area (Å²) in [5.41, 5.74) is 2.51. The summed E-state index contributed by atoms with van der Waals surface area (Å²) in [7, 11) is 0. The van der Waals surface area contributed by atoms with Crippen LogP contribution in [0.3, 0.4) is 0 Å². The molecule has 0 spiro atoms. The molecule has 20 heavy (non-hydrogen) atoms. The van der Waals surface area contributed by atoms with Gasteiger partial charge in [-0.1, -0.05) is 33.3 Å². The summed E-state index contributed by atoms with van der Waals surface area (Å²) in [6, 6.07) is 5.85. The second-order valence-electron chi connectivity index (χ2n) is 5.46. The normalized spacial score (nSPS) is 14.6. The van der Waals surface area contributed by atoms with Gasteiger partial charge in [-0.15, -0.1) is 11.6 Å². The van der Waals surface area contributed by atoms with Crippen LogP contribution in [0.1, 0.15) is 51.0 Å². The first-order chi connectivity index (χ1) is 9.56. The Morgan fingerprint density at radius 2 is 2.10 bits per heavy atom. The van der Waals surface area contributed by atoms with E-state index in [0.717, 1.165) is 30.3 Å². The number of hydrogen-bond donors (Lipinski definition) is 0. The molecule has 3 nitrogen and oxygen atoms in total. The van der Waals surface area contributed by atoms with E-state index in [-0.39, 0.29) is 11.1 Å². The Balaban J connectivity index is 2.32. The first kappa shape index (κ1) is 15.2. The fourth-order valence-corrected chi connectivity index (χ4v) is 2.81. The molecular formula is C16H22ClNO2. The number of hydrogen-bond acceptors (Lipinski definition) is 2. The van der Waals surface area contributed by atoms with Crippen molar-refractivity contribution in [1.82, 2.24) is 4.57 Å². The van der Waals surface area contributed by atoms with Crippen LogP contribution in [0.4, 0.5) is 0 Å². The zero-order chi connectivity index (χ0) is 14.7. The van der Waals surface area contributed by atoms with Crippen molar-refractivity contribution >= 4 is 22.7 Å². The molecule has 2 atom stereocenters. The van der Waals surface area contributed by atoms with Gasteiger partial charge in [-0.3, -0.25) is 4.57 Å². The summed E-state index contributed by atoms with van der Waals surface area (Å²) < 4.78 is 7.00. The van der Waals surface area contributed by atoms with E-state index in [9.17, 15) is 4.79 Å². The molecule has 1 aromatic heterocycles. The molecule has 0 amide bonds. The van der Waals surface area contributed by atoms with Crippen LogP contribution in [0.2, 0.25) is 0 Å². The van der Waals surface area contributed by atoms with E-state index in [0.29, 0.717) is 18.0 Å². The molecule has 4 heteroatoms. The van der Waals surface area contributed by atoms with Crippen LogP contribution in [-0.4, -0.2) is 4.57 Å². The van der Waals surface area contributed by atoms with Crippen molar-refractivity contribution in [1.29, 1.82) is 0 Å². The Hall–Kier alpha value is -1.22. The van der Waals surface area contributed by atoms with E-state index in [1.54, 1.807) is 4.57 Å². The van der Waals surface area contributed by atoms with Crippen LogP contribution in [-0.2, 0) is 6.54 Å². The fourth-order valence-electron chi connectivity index (χ4n) is 2.37. The molecule has 2 rings (SSSR count). The summed E-state index contributed by atoms with van der Waals surface area (Å²) in [4.78, 5) is 11.8. The summed E-state index contributed by atoms with van der Waals surface area (Å²) in [5.74, 6) is 0.303. The van der Waals surface area contributed by atoms with Gasteiger partial charge in [0, 0.05) is 6.54 Å². The van der Waals surface area contributed by atoms with Crippen molar-refractivity contribution in [3.05, 3.63) is 34.3 Å². The van der Waals surface area contributed by atoms with Crippen LogP contribution >= 0.6 is 11.6 Å². The van der Waals surface area contributed by atoms with Gasteiger partial charge in [0.25, 0.3) is 0 Å². The van der Waals surface area contributed by atoms with Crippen molar-refractivity contribution in [2.24, 2.45) is 5.92 Å². The highest BCUT2D eigenvalue weighted by Crippen LogP contribution is 2.30. The van der Waals surface area contributed by atoms with E-state index in [2.05, 4.69) is 13.8 Å². The fraction of sp³-hybridized carbons (Fsp3) is 0.562. The number of benzene rings is 1.